The van der Waals surface area contributed by atoms with Crippen molar-refractivity contribution < 1.29 is 4.79 Å². The van der Waals surface area contributed by atoms with Gasteiger partial charge in [0.15, 0.2) is 0 Å². The molecule has 2 heterocycles. The third-order valence-electron chi connectivity index (χ3n) is 2.99. The van der Waals surface area contributed by atoms with Gasteiger partial charge >= 0.3 is 0 Å². The number of nitrogens with one attached hydrogen (secondary N) is 2. The fraction of sp³-hybridized carbons (Fsp3) is 0.400. The Hall–Kier alpha value is -2.37. The summed E-state index contributed by atoms with van der Waals surface area (Å²) in [5.41, 5.74) is 1.46. The first kappa shape index (κ1) is 15.0. The maximum Gasteiger partial charge on any atom is 0.251 e. The maximum atomic E-state index is 12.2. The van der Waals surface area contributed by atoms with E-state index >= 15 is 0 Å². The van der Waals surface area contributed by atoms with E-state index in [0.717, 1.165) is 24.5 Å². The van der Waals surface area contributed by atoms with Crippen molar-refractivity contribution in [1.29, 1.82) is 0 Å². The number of anilines is 1. The van der Waals surface area contributed by atoms with Crippen molar-refractivity contribution in [2.45, 2.75) is 26.8 Å². The highest BCUT2D eigenvalue weighted by Crippen LogP contribution is 2.10. The summed E-state index contributed by atoms with van der Waals surface area (Å²) in [6.45, 7) is 6.09. The van der Waals surface area contributed by atoms with E-state index in [9.17, 15) is 4.79 Å². The van der Waals surface area contributed by atoms with Crippen molar-refractivity contribution >= 4 is 11.7 Å². The van der Waals surface area contributed by atoms with Crippen LogP contribution in [0.5, 0.6) is 0 Å². The average Bonchev–Trinajstić information content (AvgIpc) is 2.97. The van der Waals surface area contributed by atoms with Crippen LogP contribution in [0.25, 0.3) is 0 Å². The number of pyridine rings is 1. The van der Waals surface area contributed by atoms with Gasteiger partial charge in [0.05, 0.1) is 6.33 Å². The van der Waals surface area contributed by atoms with Crippen LogP contribution >= 0.6 is 0 Å². The summed E-state index contributed by atoms with van der Waals surface area (Å²) in [7, 11) is 0. The summed E-state index contributed by atoms with van der Waals surface area (Å²) in [5, 5.41) is 6.11. The van der Waals surface area contributed by atoms with E-state index in [1.807, 2.05) is 17.7 Å². The van der Waals surface area contributed by atoms with Crippen LogP contribution in [-0.4, -0.2) is 33.5 Å². The highest BCUT2D eigenvalue weighted by molar-refractivity contribution is 5.94. The lowest BCUT2D eigenvalue weighted by Crippen LogP contribution is -2.27. The zero-order valence-corrected chi connectivity index (χ0v) is 12.5. The van der Waals surface area contributed by atoms with Crippen molar-refractivity contribution in [1.82, 2.24) is 19.9 Å². The quantitative estimate of drug-likeness (QED) is 0.815. The van der Waals surface area contributed by atoms with Gasteiger partial charge in [0.25, 0.3) is 5.91 Å². The Labute approximate surface area is 124 Å². The van der Waals surface area contributed by atoms with Crippen molar-refractivity contribution in [2.24, 2.45) is 0 Å². The highest BCUT2D eigenvalue weighted by atomic mass is 16.1. The second kappa shape index (κ2) is 7.42. The standard InChI is InChI=1S/C15H21N5O/c1-3-4-17-14-10-13(9-12(2)19-14)15(21)18-6-8-20-7-5-16-11-20/h5,7,9-11H,3-4,6,8H2,1-2H3,(H,17,19)(H,18,21). The molecule has 2 N–H and O–H groups in total. The predicted octanol–water partition coefficient (Wildman–Crippen LogP) is 1.84. The van der Waals surface area contributed by atoms with E-state index in [2.05, 4.69) is 27.5 Å². The van der Waals surface area contributed by atoms with Crippen LogP contribution in [0.2, 0.25) is 0 Å². The van der Waals surface area contributed by atoms with Crippen LogP contribution in [0.4, 0.5) is 5.82 Å². The molecule has 21 heavy (non-hydrogen) atoms. The first-order chi connectivity index (χ1) is 10.2. The second-order valence-electron chi connectivity index (χ2n) is 4.87. The van der Waals surface area contributed by atoms with Gasteiger partial charge in [-0.25, -0.2) is 9.97 Å². The molecule has 6 heteroatoms. The fourth-order valence-electron chi connectivity index (χ4n) is 1.96. The third-order valence-corrected chi connectivity index (χ3v) is 2.99. The molecule has 112 valence electrons. The predicted molar refractivity (Wildman–Crippen MR) is 82.3 cm³/mol. The zero-order chi connectivity index (χ0) is 15.1. The lowest BCUT2D eigenvalue weighted by molar-refractivity contribution is 0.0952. The highest BCUT2D eigenvalue weighted by Gasteiger charge is 2.08. The summed E-state index contributed by atoms with van der Waals surface area (Å²) in [4.78, 5) is 20.5. The maximum absolute atomic E-state index is 12.2. The van der Waals surface area contributed by atoms with Gasteiger partial charge in [0.2, 0.25) is 0 Å². The number of rotatable bonds is 7. The number of hydrogen-bond donors (Lipinski definition) is 2. The summed E-state index contributed by atoms with van der Waals surface area (Å²) in [6, 6.07) is 3.58. The average molecular weight is 287 g/mol. The van der Waals surface area contributed by atoms with E-state index in [0.29, 0.717) is 18.7 Å². The monoisotopic (exact) mass is 287 g/mol. The van der Waals surface area contributed by atoms with E-state index < -0.39 is 0 Å². The first-order valence-electron chi connectivity index (χ1n) is 7.15. The first-order valence-corrected chi connectivity index (χ1v) is 7.15. The molecule has 0 atom stereocenters. The second-order valence-corrected chi connectivity index (χ2v) is 4.87. The van der Waals surface area contributed by atoms with Gasteiger partial charge in [0, 0.05) is 43.3 Å². The fourth-order valence-corrected chi connectivity index (χ4v) is 1.96. The number of hydrogen-bond acceptors (Lipinski definition) is 4. The van der Waals surface area contributed by atoms with Crippen LogP contribution < -0.4 is 10.6 Å². The molecule has 0 bridgehead atoms. The van der Waals surface area contributed by atoms with E-state index in [1.165, 1.54) is 0 Å². The summed E-state index contributed by atoms with van der Waals surface area (Å²) >= 11 is 0. The minimum absolute atomic E-state index is 0.0832. The molecule has 0 radical (unpaired) electrons. The Morgan fingerprint density at radius 2 is 2.19 bits per heavy atom. The van der Waals surface area contributed by atoms with Gasteiger partial charge in [-0.05, 0) is 25.5 Å². The number of aromatic nitrogens is 3. The van der Waals surface area contributed by atoms with E-state index in [1.54, 1.807) is 24.7 Å². The Bertz CT molecular complexity index is 580. The molecule has 0 aliphatic carbocycles. The molecule has 0 aromatic carbocycles. The van der Waals surface area contributed by atoms with Crippen molar-refractivity contribution in [3.63, 3.8) is 0 Å². The molecule has 0 fully saturated rings. The van der Waals surface area contributed by atoms with Crippen molar-refractivity contribution in [3.05, 3.63) is 42.1 Å². The van der Waals surface area contributed by atoms with Gasteiger partial charge in [-0.1, -0.05) is 6.92 Å². The summed E-state index contributed by atoms with van der Waals surface area (Å²) in [5.74, 6) is 0.664. The molecule has 0 aliphatic rings. The number of amides is 1. The van der Waals surface area contributed by atoms with Crippen LogP contribution in [0.3, 0.4) is 0 Å². The normalized spacial score (nSPS) is 10.4. The number of aryl methyl sites for hydroxylation is 1. The lowest BCUT2D eigenvalue weighted by atomic mass is 10.2. The Balaban J connectivity index is 1.93. The number of nitrogens with zero attached hydrogens (tertiary/aromatic N) is 3. The van der Waals surface area contributed by atoms with Crippen molar-refractivity contribution in [2.75, 3.05) is 18.4 Å². The van der Waals surface area contributed by atoms with Gasteiger partial charge in [-0.3, -0.25) is 4.79 Å². The molecule has 2 aromatic heterocycles. The molecule has 0 saturated carbocycles. The molecule has 0 aliphatic heterocycles. The molecule has 0 unspecified atom stereocenters. The van der Waals surface area contributed by atoms with Crippen LogP contribution in [-0.2, 0) is 6.54 Å². The largest absolute Gasteiger partial charge is 0.370 e. The van der Waals surface area contributed by atoms with Gasteiger partial charge < -0.3 is 15.2 Å². The molecule has 1 amide bonds. The Morgan fingerprint density at radius 1 is 1.33 bits per heavy atom. The molecule has 0 spiro atoms. The van der Waals surface area contributed by atoms with Crippen molar-refractivity contribution in [3.8, 4) is 0 Å². The lowest BCUT2D eigenvalue weighted by Gasteiger charge is -2.09. The van der Waals surface area contributed by atoms with Crippen LogP contribution in [0.15, 0.2) is 30.9 Å². The molecular weight excluding hydrogens is 266 g/mol. The molecular formula is C15H21N5O. The summed E-state index contributed by atoms with van der Waals surface area (Å²) < 4.78 is 1.92. The molecule has 2 aromatic rings. The van der Waals surface area contributed by atoms with Gasteiger partial charge in [-0.15, -0.1) is 0 Å². The van der Waals surface area contributed by atoms with Crippen LogP contribution in [0.1, 0.15) is 29.4 Å². The minimum Gasteiger partial charge on any atom is -0.370 e. The topological polar surface area (TPSA) is 71.8 Å². The van der Waals surface area contributed by atoms with Gasteiger partial charge in [-0.2, -0.15) is 0 Å². The van der Waals surface area contributed by atoms with Gasteiger partial charge in [0.1, 0.15) is 5.82 Å². The Kier molecular flexibility index (Phi) is 5.31. The van der Waals surface area contributed by atoms with E-state index in [4.69, 9.17) is 0 Å². The van der Waals surface area contributed by atoms with E-state index in [-0.39, 0.29) is 5.91 Å². The zero-order valence-electron chi connectivity index (χ0n) is 12.5. The third kappa shape index (κ3) is 4.59. The number of carbonyl (C=O) groups is 1. The number of imidazole rings is 1. The number of carbonyl (C=O) groups excluding carboxylic acids is 1. The molecule has 0 saturated heterocycles. The SMILES string of the molecule is CCCNc1cc(C(=O)NCCn2ccnc2)cc(C)n1. The minimum atomic E-state index is -0.0832. The summed E-state index contributed by atoms with van der Waals surface area (Å²) in [6.07, 6.45) is 6.34. The Morgan fingerprint density at radius 3 is 2.90 bits per heavy atom. The smallest absolute Gasteiger partial charge is 0.251 e. The molecule has 6 nitrogen and oxygen atoms in total. The van der Waals surface area contributed by atoms with Crippen LogP contribution in [0, 0.1) is 6.92 Å². The molecule has 2 rings (SSSR count).